The number of imidazole rings is 1. The van der Waals surface area contributed by atoms with Crippen molar-refractivity contribution in [1.29, 1.82) is 0 Å². The molecular weight excluding hydrogens is 299 g/mol. The second-order valence-electron chi connectivity index (χ2n) is 3.29. The third-order valence-corrected chi connectivity index (χ3v) is 2.44. The van der Waals surface area contributed by atoms with Crippen molar-refractivity contribution in [2.75, 3.05) is 5.32 Å². The summed E-state index contributed by atoms with van der Waals surface area (Å²) in [6.07, 6.45) is -1.29. The lowest BCUT2D eigenvalue weighted by molar-refractivity contribution is -0.137. The molecule has 1 heterocycles. The van der Waals surface area contributed by atoms with Gasteiger partial charge in [0, 0.05) is 22.6 Å². The van der Waals surface area contributed by atoms with E-state index in [0.29, 0.717) is 16.1 Å². The number of H-pyrrole nitrogens is 1. The van der Waals surface area contributed by atoms with Crippen LogP contribution in [0, 0.1) is 0 Å². The highest BCUT2D eigenvalue weighted by atomic mass is 79.9. The van der Waals surface area contributed by atoms with Crippen molar-refractivity contribution in [3.8, 4) is 0 Å². The number of nitrogens with zero attached hydrogens (tertiary/aromatic N) is 1. The SMILES string of the molecule is FC(F)(F)c1cc(Br)cc(Nc2ncc[nH]2)c1. The van der Waals surface area contributed by atoms with Gasteiger partial charge in [0.25, 0.3) is 0 Å². The summed E-state index contributed by atoms with van der Waals surface area (Å²) >= 11 is 3.04. The van der Waals surface area contributed by atoms with E-state index in [1.165, 1.54) is 12.3 Å². The minimum absolute atomic E-state index is 0.307. The van der Waals surface area contributed by atoms with Crippen molar-refractivity contribution in [1.82, 2.24) is 9.97 Å². The molecule has 2 aromatic rings. The summed E-state index contributed by atoms with van der Waals surface area (Å²) in [5, 5.41) is 2.74. The smallest absolute Gasteiger partial charge is 0.331 e. The van der Waals surface area contributed by atoms with Gasteiger partial charge in [0.15, 0.2) is 0 Å². The van der Waals surface area contributed by atoms with Crippen LogP contribution in [0.2, 0.25) is 0 Å². The van der Waals surface area contributed by atoms with E-state index in [2.05, 4.69) is 31.2 Å². The van der Waals surface area contributed by atoms with Gasteiger partial charge < -0.3 is 10.3 Å². The van der Waals surface area contributed by atoms with Gasteiger partial charge in [-0.15, -0.1) is 0 Å². The lowest BCUT2D eigenvalue weighted by Gasteiger charge is -2.10. The van der Waals surface area contributed by atoms with E-state index >= 15 is 0 Å². The molecule has 2 N–H and O–H groups in total. The predicted octanol–water partition coefficient (Wildman–Crippen LogP) is 3.93. The minimum Gasteiger partial charge on any atom is -0.331 e. The lowest BCUT2D eigenvalue weighted by Crippen LogP contribution is -2.05. The standard InChI is InChI=1S/C10H7BrF3N3/c11-7-3-6(10(12,13)14)4-8(5-7)17-9-15-1-2-16-9/h1-5H,(H2,15,16,17). The summed E-state index contributed by atoms with van der Waals surface area (Å²) in [5.74, 6) is 0.385. The van der Waals surface area contributed by atoms with E-state index in [9.17, 15) is 13.2 Å². The molecule has 0 atom stereocenters. The molecule has 17 heavy (non-hydrogen) atoms. The Hall–Kier alpha value is -1.50. The highest BCUT2D eigenvalue weighted by Gasteiger charge is 2.31. The van der Waals surface area contributed by atoms with Gasteiger partial charge in [-0.1, -0.05) is 15.9 Å². The summed E-state index contributed by atoms with van der Waals surface area (Å²) < 4.78 is 38.0. The maximum absolute atomic E-state index is 12.6. The Balaban J connectivity index is 2.32. The van der Waals surface area contributed by atoms with Crippen LogP contribution in [0.3, 0.4) is 0 Å². The van der Waals surface area contributed by atoms with E-state index < -0.39 is 11.7 Å². The van der Waals surface area contributed by atoms with Gasteiger partial charge in [-0.3, -0.25) is 0 Å². The van der Waals surface area contributed by atoms with Crippen LogP contribution in [0.4, 0.5) is 24.8 Å². The zero-order valence-corrected chi connectivity index (χ0v) is 9.93. The van der Waals surface area contributed by atoms with Crippen molar-refractivity contribution in [2.45, 2.75) is 6.18 Å². The molecule has 2 rings (SSSR count). The van der Waals surface area contributed by atoms with Crippen LogP contribution < -0.4 is 5.32 Å². The van der Waals surface area contributed by atoms with Crippen molar-refractivity contribution >= 4 is 27.6 Å². The zero-order chi connectivity index (χ0) is 12.5. The number of hydrogen-bond donors (Lipinski definition) is 2. The van der Waals surface area contributed by atoms with Gasteiger partial charge in [-0.25, -0.2) is 4.98 Å². The fraction of sp³-hybridized carbons (Fsp3) is 0.100. The molecule has 0 bridgehead atoms. The first kappa shape index (κ1) is 12.0. The Labute approximate surface area is 103 Å². The molecule has 1 aromatic heterocycles. The van der Waals surface area contributed by atoms with Crippen molar-refractivity contribution in [3.63, 3.8) is 0 Å². The largest absolute Gasteiger partial charge is 0.416 e. The number of benzene rings is 1. The van der Waals surface area contributed by atoms with Crippen LogP contribution in [0.5, 0.6) is 0 Å². The van der Waals surface area contributed by atoms with Crippen LogP contribution in [-0.2, 0) is 6.18 Å². The highest BCUT2D eigenvalue weighted by Crippen LogP contribution is 2.33. The van der Waals surface area contributed by atoms with E-state index in [-0.39, 0.29) is 0 Å². The van der Waals surface area contributed by atoms with E-state index in [1.54, 1.807) is 6.20 Å². The first-order valence-corrected chi connectivity index (χ1v) is 5.38. The molecule has 0 radical (unpaired) electrons. The molecular formula is C10H7BrF3N3. The third-order valence-electron chi connectivity index (χ3n) is 1.99. The summed E-state index contributed by atoms with van der Waals surface area (Å²) in [6, 6.07) is 3.58. The third kappa shape index (κ3) is 3.00. The van der Waals surface area contributed by atoms with Gasteiger partial charge in [0.1, 0.15) is 0 Å². The highest BCUT2D eigenvalue weighted by molar-refractivity contribution is 9.10. The van der Waals surface area contributed by atoms with Gasteiger partial charge in [-0.05, 0) is 18.2 Å². The maximum atomic E-state index is 12.6. The van der Waals surface area contributed by atoms with Gasteiger partial charge in [0.05, 0.1) is 5.56 Å². The zero-order valence-electron chi connectivity index (χ0n) is 8.35. The predicted molar refractivity (Wildman–Crippen MR) is 61.0 cm³/mol. The summed E-state index contributed by atoms with van der Waals surface area (Å²) in [7, 11) is 0. The van der Waals surface area contributed by atoms with Crippen molar-refractivity contribution in [3.05, 3.63) is 40.6 Å². The summed E-state index contributed by atoms with van der Waals surface area (Å²) in [6.45, 7) is 0. The Morgan fingerprint density at radius 3 is 2.59 bits per heavy atom. The van der Waals surface area contributed by atoms with E-state index in [1.807, 2.05) is 0 Å². The Kier molecular flexibility index (Phi) is 3.10. The van der Waals surface area contributed by atoms with Gasteiger partial charge >= 0.3 is 6.18 Å². The number of anilines is 2. The molecule has 1 aromatic carbocycles. The molecule has 0 saturated carbocycles. The topological polar surface area (TPSA) is 40.7 Å². The number of alkyl halides is 3. The number of aromatic amines is 1. The molecule has 0 unspecified atom stereocenters. The van der Waals surface area contributed by atoms with Crippen LogP contribution in [-0.4, -0.2) is 9.97 Å². The van der Waals surface area contributed by atoms with Crippen LogP contribution in [0.25, 0.3) is 0 Å². The van der Waals surface area contributed by atoms with Crippen molar-refractivity contribution < 1.29 is 13.2 Å². The fourth-order valence-corrected chi connectivity index (χ4v) is 1.79. The summed E-state index contributed by atoms with van der Waals surface area (Å²) in [5.41, 5.74) is -0.414. The van der Waals surface area contributed by atoms with Gasteiger partial charge in [0.2, 0.25) is 5.95 Å². The van der Waals surface area contributed by atoms with Crippen LogP contribution in [0.1, 0.15) is 5.56 Å². The molecule has 0 amide bonds. The molecule has 90 valence electrons. The fourth-order valence-electron chi connectivity index (χ4n) is 1.30. The lowest BCUT2D eigenvalue weighted by atomic mass is 10.2. The molecule has 0 fully saturated rings. The van der Waals surface area contributed by atoms with Gasteiger partial charge in [-0.2, -0.15) is 13.2 Å². The monoisotopic (exact) mass is 305 g/mol. The first-order chi connectivity index (χ1) is 7.95. The number of hydrogen-bond acceptors (Lipinski definition) is 2. The first-order valence-electron chi connectivity index (χ1n) is 4.59. The Morgan fingerprint density at radius 1 is 1.24 bits per heavy atom. The van der Waals surface area contributed by atoms with Crippen LogP contribution >= 0.6 is 15.9 Å². The molecule has 7 heteroatoms. The second-order valence-corrected chi connectivity index (χ2v) is 4.20. The Morgan fingerprint density at radius 2 is 2.00 bits per heavy atom. The number of rotatable bonds is 2. The average Bonchev–Trinajstić information content (AvgIpc) is 2.68. The number of halogens is 4. The maximum Gasteiger partial charge on any atom is 0.416 e. The average molecular weight is 306 g/mol. The molecule has 0 spiro atoms. The molecule has 0 aliphatic carbocycles. The quantitative estimate of drug-likeness (QED) is 0.882. The number of aromatic nitrogens is 2. The molecule has 0 saturated heterocycles. The minimum atomic E-state index is -4.37. The Bertz CT molecular complexity index is 508. The normalized spacial score (nSPS) is 11.5. The van der Waals surface area contributed by atoms with E-state index in [0.717, 1.165) is 12.1 Å². The molecule has 0 aliphatic heterocycles. The molecule has 0 aliphatic rings. The summed E-state index contributed by atoms with van der Waals surface area (Å²) in [4.78, 5) is 6.61. The number of nitrogens with one attached hydrogen (secondary N) is 2. The molecule has 3 nitrogen and oxygen atoms in total. The van der Waals surface area contributed by atoms with Crippen LogP contribution in [0.15, 0.2) is 35.1 Å². The van der Waals surface area contributed by atoms with E-state index in [4.69, 9.17) is 0 Å². The van der Waals surface area contributed by atoms with Crippen molar-refractivity contribution in [2.24, 2.45) is 0 Å². The second kappa shape index (κ2) is 4.40.